The highest BCUT2D eigenvalue weighted by atomic mass is 16.2. The Morgan fingerprint density at radius 3 is 2.24 bits per heavy atom. The number of benzene rings is 3. The average Bonchev–Trinajstić information content (AvgIpc) is 3.26. The number of aromatic nitrogens is 1. The fraction of sp³-hybridized carbons (Fsp3) is 0.276. The molecule has 0 radical (unpaired) electrons. The van der Waals surface area contributed by atoms with Crippen molar-refractivity contribution in [3.05, 3.63) is 102 Å². The predicted octanol–water partition coefficient (Wildman–Crippen LogP) is 6.07. The highest BCUT2D eigenvalue weighted by molar-refractivity contribution is 5.98. The molecule has 3 aromatic carbocycles. The molecule has 2 aliphatic rings. The molecule has 33 heavy (non-hydrogen) atoms. The van der Waals surface area contributed by atoms with Gasteiger partial charge in [0, 0.05) is 28.2 Å². The van der Waals surface area contributed by atoms with E-state index < -0.39 is 0 Å². The molecule has 0 unspecified atom stereocenters. The number of carbonyl (C=O) groups is 1. The number of hydrogen-bond acceptors (Lipinski definition) is 2. The number of fused-ring (bicyclic) bond motifs is 4. The summed E-state index contributed by atoms with van der Waals surface area (Å²) >= 11 is 0. The van der Waals surface area contributed by atoms with Gasteiger partial charge in [0.1, 0.15) is 0 Å². The highest BCUT2D eigenvalue weighted by Gasteiger charge is 2.49. The number of H-pyrrole nitrogens is 1. The summed E-state index contributed by atoms with van der Waals surface area (Å²) in [7, 11) is 0. The molecule has 2 atom stereocenters. The van der Waals surface area contributed by atoms with Gasteiger partial charge >= 0.3 is 0 Å². The minimum Gasteiger partial charge on any atom is -0.357 e. The van der Waals surface area contributed by atoms with Crippen LogP contribution >= 0.6 is 0 Å². The molecular weight excluding hydrogens is 406 g/mol. The van der Waals surface area contributed by atoms with E-state index in [2.05, 4.69) is 64.1 Å². The first-order valence-corrected chi connectivity index (χ1v) is 12.0. The van der Waals surface area contributed by atoms with Crippen molar-refractivity contribution in [2.45, 2.75) is 49.6 Å². The Kier molecular flexibility index (Phi) is 5.03. The maximum atomic E-state index is 13.9. The molecule has 4 heteroatoms. The quantitative estimate of drug-likeness (QED) is 0.366. The van der Waals surface area contributed by atoms with Crippen molar-refractivity contribution in [2.75, 3.05) is 5.32 Å². The molecule has 0 saturated heterocycles. The van der Waals surface area contributed by atoms with Gasteiger partial charge in [-0.25, -0.2) is 0 Å². The van der Waals surface area contributed by atoms with Crippen LogP contribution in [0.15, 0.2) is 84.9 Å². The molecule has 166 valence electrons. The summed E-state index contributed by atoms with van der Waals surface area (Å²) in [5.41, 5.74) is 5.51. The molecule has 1 aliphatic heterocycles. The fourth-order valence-electron chi connectivity index (χ4n) is 6.01. The SMILES string of the molecule is O=C(Nc1ccccc1)[C@H]1NC2(CCCCC2)c2[nH]c3ccccc3c2[C@H]1c1ccccc1. The van der Waals surface area contributed by atoms with E-state index in [4.69, 9.17) is 0 Å². The van der Waals surface area contributed by atoms with Gasteiger partial charge in [-0.15, -0.1) is 0 Å². The normalized spacial score (nSPS) is 21.6. The second-order valence-electron chi connectivity index (χ2n) is 9.47. The van der Waals surface area contributed by atoms with Crippen molar-refractivity contribution in [1.82, 2.24) is 10.3 Å². The minimum absolute atomic E-state index is 0.0240. The smallest absolute Gasteiger partial charge is 0.242 e. The van der Waals surface area contributed by atoms with Crippen molar-refractivity contribution in [2.24, 2.45) is 0 Å². The molecule has 4 nitrogen and oxygen atoms in total. The monoisotopic (exact) mass is 435 g/mol. The number of rotatable bonds is 3. The summed E-state index contributed by atoms with van der Waals surface area (Å²) in [6.45, 7) is 0. The maximum absolute atomic E-state index is 13.9. The van der Waals surface area contributed by atoms with Crippen LogP contribution in [0, 0.1) is 0 Å². The van der Waals surface area contributed by atoms with Crippen LogP contribution < -0.4 is 10.6 Å². The van der Waals surface area contributed by atoms with Crippen LogP contribution in [0.2, 0.25) is 0 Å². The topological polar surface area (TPSA) is 56.9 Å². The van der Waals surface area contributed by atoms with Crippen LogP contribution in [-0.2, 0) is 10.3 Å². The molecule has 1 fully saturated rings. The lowest BCUT2D eigenvalue weighted by Gasteiger charge is -2.47. The number of anilines is 1. The number of para-hydroxylation sites is 2. The predicted molar refractivity (Wildman–Crippen MR) is 133 cm³/mol. The van der Waals surface area contributed by atoms with Crippen LogP contribution in [0.25, 0.3) is 10.9 Å². The van der Waals surface area contributed by atoms with Crippen molar-refractivity contribution in [3.63, 3.8) is 0 Å². The largest absolute Gasteiger partial charge is 0.357 e. The summed E-state index contributed by atoms with van der Waals surface area (Å²) in [4.78, 5) is 17.7. The second kappa shape index (κ2) is 8.20. The van der Waals surface area contributed by atoms with E-state index >= 15 is 0 Å². The van der Waals surface area contributed by atoms with Crippen molar-refractivity contribution < 1.29 is 4.79 Å². The van der Waals surface area contributed by atoms with Gasteiger partial charge in [-0.05, 0) is 42.2 Å². The first-order chi connectivity index (χ1) is 16.3. The van der Waals surface area contributed by atoms with Gasteiger partial charge in [0.15, 0.2) is 0 Å². The number of aromatic amines is 1. The Labute approximate surface area is 194 Å². The molecule has 3 N–H and O–H groups in total. The average molecular weight is 436 g/mol. The van der Waals surface area contributed by atoms with E-state index in [0.717, 1.165) is 29.6 Å². The number of hydrogen-bond donors (Lipinski definition) is 3. The number of carbonyl (C=O) groups excluding carboxylic acids is 1. The molecule has 0 bridgehead atoms. The molecule has 1 spiro atoms. The summed E-state index contributed by atoms with van der Waals surface area (Å²) in [6, 6.07) is 28.5. The van der Waals surface area contributed by atoms with Crippen LogP contribution in [0.3, 0.4) is 0 Å². The molecule has 1 saturated carbocycles. The standard InChI is InChI=1S/C29H29N3O/c33-28(30-21-14-6-2-7-15-21)26-24(20-12-4-1-5-13-20)25-22-16-8-9-17-23(22)31-27(25)29(32-26)18-10-3-11-19-29/h1-2,4-9,12-17,24,26,31-32H,3,10-11,18-19H2,(H,30,33)/t24-,26+/m1/s1. The minimum atomic E-state index is -0.364. The van der Waals surface area contributed by atoms with Crippen LogP contribution in [0.1, 0.15) is 54.8 Å². The van der Waals surface area contributed by atoms with Gasteiger partial charge in [-0.3, -0.25) is 10.1 Å². The zero-order valence-corrected chi connectivity index (χ0v) is 18.7. The van der Waals surface area contributed by atoms with Gasteiger partial charge < -0.3 is 10.3 Å². The van der Waals surface area contributed by atoms with Gasteiger partial charge in [0.2, 0.25) is 5.91 Å². The molecule has 6 rings (SSSR count). The Morgan fingerprint density at radius 1 is 0.818 bits per heavy atom. The summed E-state index contributed by atoms with van der Waals surface area (Å²) in [5.74, 6) is -0.0513. The Hall–Kier alpha value is -3.37. The zero-order chi connectivity index (χ0) is 22.3. The summed E-state index contributed by atoms with van der Waals surface area (Å²) in [5, 5.41) is 8.33. The Bertz CT molecular complexity index is 1270. The highest BCUT2D eigenvalue weighted by Crippen LogP contribution is 2.49. The summed E-state index contributed by atoms with van der Waals surface area (Å²) in [6.07, 6.45) is 5.69. The van der Waals surface area contributed by atoms with E-state index in [1.54, 1.807) is 0 Å². The summed E-state index contributed by atoms with van der Waals surface area (Å²) < 4.78 is 0. The van der Waals surface area contributed by atoms with Crippen LogP contribution in [0.4, 0.5) is 5.69 Å². The molecule has 4 aromatic rings. The first-order valence-electron chi connectivity index (χ1n) is 12.0. The fourth-order valence-corrected chi connectivity index (χ4v) is 6.01. The second-order valence-corrected chi connectivity index (χ2v) is 9.47. The van der Waals surface area contributed by atoms with Gasteiger partial charge in [0.25, 0.3) is 0 Å². The van der Waals surface area contributed by atoms with Crippen molar-refractivity contribution >= 4 is 22.5 Å². The van der Waals surface area contributed by atoms with E-state index in [9.17, 15) is 4.79 Å². The third-order valence-corrected chi connectivity index (χ3v) is 7.49. The number of amides is 1. The molecular formula is C29H29N3O. The lowest BCUT2D eigenvalue weighted by Crippen LogP contribution is -2.59. The van der Waals surface area contributed by atoms with Gasteiger partial charge in [-0.1, -0.05) is 86.0 Å². The molecule has 1 aromatic heterocycles. The first kappa shape index (κ1) is 20.3. The lowest BCUT2D eigenvalue weighted by atomic mass is 9.69. The zero-order valence-electron chi connectivity index (χ0n) is 18.7. The lowest BCUT2D eigenvalue weighted by molar-refractivity contribution is -0.119. The number of nitrogens with one attached hydrogen (secondary N) is 3. The van der Waals surface area contributed by atoms with E-state index in [0.29, 0.717) is 0 Å². The van der Waals surface area contributed by atoms with E-state index in [1.165, 1.54) is 35.9 Å². The van der Waals surface area contributed by atoms with Crippen molar-refractivity contribution in [3.8, 4) is 0 Å². The van der Waals surface area contributed by atoms with Gasteiger partial charge in [0.05, 0.1) is 11.6 Å². The Morgan fingerprint density at radius 2 is 1.48 bits per heavy atom. The Balaban J connectivity index is 1.54. The third kappa shape index (κ3) is 3.46. The van der Waals surface area contributed by atoms with E-state index in [-0.39, 0.29) is 23.4 Å². The van der Waals surface area contributed by atoms with Crippen LogP contribution in [0.5, 0.6) is 0 Å². The van der Waals surface area contributed by atoms with Gasteiger partial charge in [-0.2, -0.15) is 0 Å². The maximum Gasteiger partial charge on any atom is 0.242 e. The molecule has 1 amide bonds. The van der Waals surface area contributed by atoms with Crippen molar-refractivity contribution in [1.29, 1.82) is 0 Å². The molecule has 1 aliphatic carbocycles. The van der Waals surface area contributed by atoms with E-state index in [1.807, 2.05) is 36.4 Å². The molecule has 2 heterocycles. The third-order valence-electron chi connectivity index (χ3n) is 7.49. The van der Waals surface area contributed by atoms with Crippen LogP contribution in [-0.4, -0.2) is 16.9 Å².